The second kappa shape index (κ2) is 7.39. The van der Waals surface area contributed by atoms with Crippen LogP contribution in [0.25, 0.3) is 0 Å². The maximum Gasteiger partial charge on any atom is 0.319 e. The van der Waals surface area contributed by atoms with Gasteiger partial charge in [-0.3, -0.25) is 10.1 Å². The molecule has 0 aromatic heterocycles. The standard InChI is InChI=1S/C14H18N4O3/c19-14(16-10-7-11-5-8-15-9-6-11)17-12-1-3-13(4-2-12)18(20)21/h1-5,15H,6-10H2,(H2,16,17,19). The molecule has 1 aliphatic heterocycles. The van der Waals surface area contributed by atoms with E-state index in [9.17, 15) is 14.9 Å². The van der Waals surface area contributed by atoms with Gasteiger partial charge in [-0.15, -0.1) is 0 Å². The Bertz CT molecular complexity index is 540. The maximum atomic E-state index is 11.7. The summed E-state index contributed by atoms with van der Waals surface area (Å²) in [6.07, 6.45) is 4.01. The van der Waals surface area contributed by atoms with Gasteiger partial charge in [0, 0.05) is 30.9 Å². The predicted octanol–water partition coefficient (Wildman–Crippen LogP) is 2.03. The summed E-state index contributed by atoms with van der Waals surface area (Å²) >= 11 is 0. The zero-order valence-electron chi connectivity index (χ0n) is 11.6. The molecule has 2 rings (SSSR count). The van der Waals surface area contributed by atoms with Crippen LogP contribution in [0.2, 0.25) is 0 Å². The molecule has 0 aliphatic carbocycles. The average molecular weight is 290 g/mol. The van der Waals surface area contributed by atoms with Crippen LogP contribution in [-0.2, 0) is 0 Å². The van der Waals surface area contributed by atoms with Crippen molar-refractivity contribution in [3.05, 3.63) is 46.0 Å². The van der Waals surface area contributed by atoms with Crippen LogP contribution in [0.1, 0.15) is 12.8 Å². The highest BCUT2D eigenvalue weighted by atomic mass is 16.6. The number of carbonyl (C=O) groups excluding carboxylic acids is 1. The zero-order valence-corrected chi connectivity index (χ0v) is 11.6. The maximum absolute atomic E-state index is 11.7. The van der Waals surface area contributed by atoms with Crippen molar-refractivity contribution in [1.82, 2.24) is 10.6 Å². The van der Waals surface area contributed by atoms with Gasteiger partial charge in [0.15, 0.2) is 0 Å². The van der Waals surface area contributed by atoms with Crippen LogP contribution in [0.15, 0.2) is 35.9 Å². The Kier molecular flexibility index (Phi) is 5.28. The first-order valence-electron chi connectivity index (χ1n) is 6.83. The van der Waals surface area contributed by atoms with E-state index < -0.39 is 4.92 Å². The molecule has 0 spiro atoms. The van der Waals surface area contributed by atoms with Gasteiger partial charge < -0.3 is 16.0 Å². The van der Waals surface area contributed by atoms with E-state index in [1.807, 2.05) is 0 Å². The van der Waals surface area contributed by atoms with Gasteiger partial charge in [-0.1, -0.05) is 11.6 Å². The van der Waals surface area contributed by atoms with Crippen molar-refractivity contribution < 1.29 is 9.72 Å². The van der Waals surface area contributed by atoms with Crippen LogP contribution < -0.4 is 16.0 Å². The molecule has 21 heavy (non-hydrogen) atoms. The minimum absolute atomic E-state index is 0.00111. The van der Waals surface area contributed by atoms with E-state index in [1.165, 1.54) is 29.8 Å². The number of nitro groups is 1. The molecule has 1 aliphatic rings. The summed E-state index contributed by atoms with van der Waals surface area (Å²) in [5.41, 5.74) is 1.88. The summed E-state index contributed by atoms with van der Waals surface area (Å²) in [5, 5.41) is 19.2. The first-order valence-corrected chi connectivity index (χ1v) is 6.83. The van der Waals surface area contributed by atoms with E-state index in [2.05, 4.69) is 22.0 Å². The first-order chi connectivity index (χ1) is 10.1. The number of carbonyl (C=O) groups is 1. The number of rotatable bonds is 5. The highest BCUT2D eigenvalue weighted by Gasteiger charge is 2.07. The number of nitrogens with one attached hydrogen (secondary N) is 3. The largest absolute Gasteiger partial charge is 0.338 e. The summed E-state index contributed by atoms with van der Waals surface area (Å²) in [5.74, 6) is 0. The second-order valence-corrected chi connectivity index (χ2v) is 4.75. The van der Waals surface area contributed by atoms with E-state index in [0.29, 0.717) is 12.2 Å². The Labute approximate surface area is 122 Å². The quantitative estimate of drug-likeness (QED) is 0.439. The van der Waals surface area contributed by atoms with E-state index in [0.717, 1.165) is 25.9 Å². The molecule has 2 amide bonds. The molecular weight excluding hydrogens is 272 g/mol. The summed E-state index contributed by atoms with van der Waals surface area (Å²) in [7, 11) is 0. The SMILES string of the molecule is O=C(NCCC1=CCNCC1)Nc1ccc([N+](=O)[O-])cc1. The third kappa shape index (κ3) is 4.88. The molecule has 0 saturated heterocycles. The summed E-state index contributed by atoms with van der Waals surface area (Å²) in [6, 6.07) is 5.42. The third-order valence-corrected chi connectivity index (χ3v) is 3.23. The number of benzene rings is 1. The molecular formula is C14H18N4O3. The molecule has 1 aromatic rings. The van der Waals surface area contributed by atoms with Gasteiger partial charge in [0.2, 0.25) is 0 Å². The monoisotopic (exact) mass is 290 g/mol. The van der Waals surface area contributed by atoms with E-state index >= 15 is 0 Å². The van der Waals surface area contributed by atoms with E-state index in [1.54, 1.807) is 0 Å². The Morgan fingerprint density at radius 3 is 2.71 bits per heavy atom. The average Bonchev–Trinajstić information content (AvgIpc) is 2.49. The lowest BCUT2D eigenvalue weighted by Crippen LogP contribution is -2.30. The van der Waals surface area contributed by atoms with Crippen molar-refractivity contribution in [3.63, 3.8) is 0 Å². The smallest absolute Gasteiger partial charge is 0.319 e. The molecule has 1 heterocycles. The van der Waals surface area contributed by atoms with Crippen LogP contribution in [0.4, 0.5) is 16.2 Å². The molecule has 7 nitrogen and oxygen atoms in total. The Morgan fingerprint density at radius 2 is 2.10 bits per heavy atom. The minimum Gasteiger partial charge on any atom is -0.338 e. The van der Waals surface area contributed by atoms with Crippen molar-refractivity contribution in [2.75, 3.05) is 25.0 Å². The van der Waals surface area contributed by atoms with Gasteiger partial charge in [0.25, 0.3) is 5.69 Å². The molecule has 112 valence electrons. The molecule has 0 fully saturated rings. The van der Waals surface area contributed by atoms with Crippen LogP contribution >= 0.6 is 0 Å². The Balaban J connectivity index is 1.73. The Hall–Kier alpha value is -2.41. The van der Waals surface area contributed by atoms with E-state index in [4.69, 9.17) is 0 Å². The minimum atomic E-state index is -0.476. The fourth-order valence-corrected chi connectivity index (χ4v) is 2.07. The van der Waals surface area contributed by atoms with Crippen molar-refractivity contribution in [2.45, 2.75) is 12.8 Å². The van der Waals surface area contributed by atoms with Crippen molar-refractivity contribution >= 4 is 17.4 Å². The lowest BCUT2D eigenvalue weighted by molar-refractivity contribution is -0.384. The molecule has 0 saturated carbocycles. The Morgan fingerprint density at radius 1 is 1.33 bits per heavy atom. The van der Waals surface area contributed by atoms with Crippen LogP contribution in [0.5, 0.6) is 0 Å². The van der Waals surface area contributed by atoms with Crippen LogP contribution in [0.3, 0.4) is 0 Å². The molecule has 0 atom stereocenters. The van der Waals surface area contributed by atoms with Crippen molar-refractivity contribution in [2.24, 2.45) is 0 Å². The van der Waals surface area contributed by atoms with Gasteiger partial charge in [-0.05, 0) is 31.5 Å². The lowest BCUT2D eigenvalue weighted by atomic mass is 10.1. The summed E-state index contributed by atoms with van der Waals surface area (Å²) < 4.78 is 0. The number of hydrogen-bond acceptors (Lipinski definition) is 4. The lowest BCUT2D eigenvalue weighted by Gasteiger charge is -2.14. The number of nitro benzene ring substituents is 1. The number of nitrogens with zero attached hydrogens (tertiary/aromatic N) is 1. The number of anilines is 1. The zero-order chi connectivity index (χ0) is 15.1. The number of urea groups is 1. The third-order valence-electron chi connectivity index (χ3n) is 3.23. The normalized spacial score (nSPS) is 14.2. The number of hydrogen-bond donors (Lipinski definition) is 3. The highest BCUT2D eigenvalue weighted by Crippen LogP contribution is 2.15. The van der Waals surface area contributed by atoms with Gasteiger partial charge in [-0.2, -0.15) is 0 Å². The van der Waals surface area contributed by atoms with Gasteiger partial charge >= 0.3 is 6.03 Å². The van der Waals surface area contributed by atoms with Gasteiger partial charge in [-0.25, -0.2) is 4.79 Å². The van der Waals surface area contributed by atoms with E-state index in [-0.39, 0.29) is 11.7 Å². The molecule has 3 N–H and O–H groups in total. The second-order valence-electron chi connectivity index (χ2n) is 4.75. The first kappa shape index (κ1) is 15.0. The molecule has 0 unspecified atom stereocenters. The fourth-order valence-electron chi connectivity index (χ4n) is 2.07. The predicted molar refractivity (Wildman–Crippen MR) is 80.3 cm³/mol. The van der Waals surface area contributed by atoms with Crippen LogP contribution in [-0.4, -0.2) is 30.6 Å². The number of amides is 2. The summed E-state index contributed by atoms with van der Waals surface area (Å²) in [6.45, 7) is 2.45. The molecule has 0 bridgehead atoms. The highest BCUT2D eigenvalue weighted by molar-refractivity contribution is 5.89. The molecule has 1 aromatic carbocycles. The van der Waals surface area contributed by atoms with Crippen molar-refractivity contribution in [1.29, 1.82) is 0 Å². The molecule has 7 heteroatoms. The topological polar surface area (TPSA) is 96.3 Å². The molecule has 0 radical (unpaired) electrons. The van der Waals surface area contributed by atoms with Gasteiger partial charge in [0.1, 0.15) is 0 Å². The summed E-state index contributed by atoms with van der Waals surface area (Å²) in [4.78, 5) is 21.7. The van der Waals surface area contributed by atoms with Gasteiger partial charge in [0.05, 0.1) is 4.92 Å². The fraction of sp³-hybridized carbons (Fsp3) is 0.357. The number of non-ortho nitro benzene ring substituents is 1. The van der Waals surface area contributed by atoms with Crippen molar-refractivity contribution in [3.8, 4) is 0 Å². The van der Waals surface area contributed by atoms with Crippen LogP contribution in [0, 0.1) is 10.1 Å².